The van der Waals surface area contributed by atoms with Crippen LogP contribution < -0.4 is 0 Å². The number of unbranched alkanes of at least 4 members (excludes halogenated alkanes) is 4. The van der Waals surface area contributed by atoms with Gasteiger partial charge < -0.3 is 47.9 Å². The summed E-state index contributed by atoms with van der Waals surface area (Å²) in [6.45, 7) is 27.2. The van der Waals surface area contributed by atoms with Crippen molar-refractivity contribution in [1.82, 2.24) is 0 Å². The van der Waals surface area contributed by atoms with Crippen LogP contribution in [-0.4, -0.2) is 120 Å². The van der Waals surface area contributed by atoms with Crippen molar-refractivity contribution in [1.29, 1.82) is 0 Å². The zero-order valence-electron chi connectivity index (χ0n) is 55.7. The van der Waals surface area contributed by atoms with Gasteiger partial charge in [-0.3, -0.25) is 24.0 Å². The van der Waals surface area contributed by atoms with E-state index in [2.05, 4.69) is 93.4 Å². The molecule has 0 spiro atoms. The van der Waals surface area contributed by atoms with Gasteiger partial charge in [0.05, 0.1) is 52.9 Å². The van der Waals surface area contributed by atoms with Crippen molar-refractivity contribution < 1.29 is 97.3 Å². The number of esters is 5. The highest BCUT2D eigenvalue weighted by Crippen LogP contribution is 2.13. The third-order valence-electron chi connectivity index (χ3n) is 12.1. The lowest BCUT2D eigenvalue weighted by atomic mass is 10.1. The SMILES string of the molecule is CC(C)CCCOC(=O)CCCCCO[N+](=O)[O-].CC(C)CCCOC(=O)CCCCO[N+](=O)[O-].CC(C)CCCOC(=O)CCCO[N+](=O)[O-].CCC(CCC(=O)OCCCC(C)C)O[N+](=O)[O-].CCC(CCCCC(=O)OCCCC(C)C)O[N+](=O)[O-]. The Morgan fingerprint density at radius 2 is 0.528 bits per heavy atom. The van der Waals surface area contributed by atoms with E-state index in [0.29, 0.717) is 146 Å². The van der Waals surface area contributed by atoms with Gasteiger partial charge in [-0.25, -0.2) is 0 Å². The summed E-state index contributed by atoms with van der Waals surface area (Å²) in [6.07, 6.45) is 16.9. The molecule has 0 bridgehead atoms. The van der Waals surface area contributed by atoms with Gasteiger partial charge in [0.2, 0.25) is 0 Å². The molecule has 0 aliphatic heterocycles. The average molecular weight is 1290 g/mol. The lowest BCUT2D eigenvalue weighted by molar-refractivity contribution is -0.768. The van der Waals surface area contributed by atoms with Crippen LogP contribution in [0.1, 0.15) is 256 Å². The van der Waals surface area contributed by atoms with Gasteiger partial charge in [-0.1, -0.05) is 95.9 Å². The number of carbonyl (C=O) groups excluding carboxylic acids is 5. The number of ether oxygens (including phenoxy) is 5. The third-order valence-corrected chi connectivity index (χ3v) is 12.1. The fraction of sp³-hybridized carbons (Fsp3) is 0.915. The first-order valence-electron chi connectivity index (χ1n) is 31.7. The zero-order valence-corrected chi connectivity index (χ0v) is 55.7. The molecule has 30 heteroatoms. The maximum atomic E-state index is 11.4. The van der Waals surface area contributed by atoms with E-state index in [1.165, 1.54) is 0 Å². The lowest BCUT2D eigenvalue weighted by Gasteiger charge is -2.12. The van der Waals surface area contributed by atoms with Gasteiger partial charge in [0.15, 0.2) is 0 Å². The molecule has 0 aromatic heterocycles. The van der Waals surface area contributed by atoms with Crippen molar-refractivity contribution >= 4 is 29.8 Å². The second-order valence-electron chi connectivity index (χ2n) is 22.8. The normalized spacial score (nSPS) is 11.1. The molecule has 2 atom stereocenters. The Morgan fingerprint density at radius 3 is 0.809 bits per heavy atom. The predicted octanol–water partition coefficient (Wildman–Crippen LogP) is 13.3. The number of carbonyl (C=O) groups is 5. The Labute approximate surface area is 527 Å². The molecular weight excluding hydrogens is 1180 g/mol. The van der Waals surface area contributed by atoms with Crippen LogP contribution in [-0.2, 0) is 71.8 Å². The molecule has 0 heterocycles. The minimum absolute atomic E-state index is 0.0353. The Kier molecular flexibility index (Phi) is 67.3. The maximum absolute atomic E-state index is 11.4. The van der Waals surface area contributed by atoms with Crippen LogP contribution in [0.15, 0.2) is 0 Å². The van der Waals surface area contributed by atoms with E-state index in [4.69, 9.17) is 23.7 Å². The molecule has 524 valence electrons. The fourth-order valence-electron chi connectivity index (χ4n) is 7.13. The first-order valence-corrected chi connectivity index (χ1v) is 31.7. The molecule has 0 rings (SSSR count). The molecule has 30 nitrogen and oxygen atoms in total. The van der Waals surface area contributed by atoms with Crippen molar-refractivity contribution in [3.05, 3.63) is 50.6 Å². The minimum Gasteiger partial charge on any atom is -0.466 e. The van der Waals surface area contributed by atoms with E-state index in [1.54, 1.807) is 6.92 Å². The van der Waals surface area contributed by atoms with Gasteiger partial charge in [0, 0.05) is 32.1 Å². The van der Waals surface area contributed by atoms with E-state index in [1.807, 2.05) is 6.92 Å². The largest absolute Gasteiger partial charge is 0.466 e. The van der Waals surface area contributed by atoms with Crippen molar-refractivity contribution in [2.75, 3.05) is 52.9 Å². The van der Waals surface area contributed by atoms with Crippen LogP contribution in [0.5, 0.6) is 0 Å². The van der Waals surface area contributed by atoms with Crippen LogP contribution in [0.4, 0.5) is 0 Å². The standard InChI is InChI=1S/C14H27NO5.2C12H23NO5.C11H21NO5.C10H19NO5/c1-4-13(20-15(17)18)9-5-6-10-14(16)19-11-7-8-12(2)3;1-11(2)7-6-9-17-12(14)8-4-3-5-10-18-13(15)16;1-4-11(18-13(15)16)7-8-12(14)17-9-5-6-10(2)3;1-10(2)6-5-8-16-11(13)7-3-4-9-17-12(14)15;1-9(2)5-3-7-15-10(12)6-4-8-16-11(13)14/h12-13H,4-11H2,1-3H3;11H,3-10H2,1-2H3;10-11H,4-9H2,1-3H3;10H,3-9H2,1-2H3;9H,3-8H2,1-2H3. The van der Waals surface area contributed by atoms with Gasteiger partial charge in [-0.05, 0) is 158 Å². The van der Waals surface area contributed by atoms with E-state index in [0.717, 1.165) is 77.0 Å². The Bertz CT molecular complexity index is 1810. The van der Waals surface area contributed by atoms with Crippen LogP contribution in [0.25, 0.3) is 0 Å². The highest BCUT2D eigenvalue weighted by molar-refractivity contribution is 5.70. The molecule has 2 unspecified atom stereocenters. The summed E-state index contributed by atoms with van der Waals surface area (Å²) in [7, 11) is 0. The summed E-state index contributed by atoms with van der Waals surface area (Å²) in [4.78, 5) is 127. The number of hydrogen-bond donors (Lipinski definition) is 0. The summed E-state index contributed by atoms with van der Waals surface area (Å²) in [5, 5.41) is 45.7. The zero-order chi connectivity index (χ0) is 68.6. The van der Waals surface area contributed by atoms with Gasteiger partial charge >= 0.3 is 29.8 Å². The number of nitrogens with zero attached hydrogens (tertiary/aromatic N) is 5. The van der Waals surface area contributed by atoms with Gasteiger partial charge in [-0.2, -0.15) is 0 Å². The van der Waals surface area contributed by atoms with Crippen molar-refractivity contribution in [2.45, 2.75) is 269 Å². The Morgan fingerprint density at radius 1 is 0.281 bits per heavy atom. The van der Waals surface area contributed by atoms with Gasteiger partial charge in [0.1, 0.15) is 12.2 Å². The van der Waals surface area contributed by atoms with E-state index in [9.17, 15) is 74.5 Å². The smallest absolute Gasteiger partial charge is 0.305 e. The molecular formula is C59H113N5O25. The molecule has 0 fully saturated rings. The Balaban J connectivity index is -0.000000331. The first-order chi connectivity index (χ1) is 42.0. The van der Waals surface area contributed by atoms with Crippen LogP contribution in [0.2, 0.25) is 0 Å². The highest BCUT2D eigenvalue weighted by atomic mass is 17.0. The van der Waals surface area contributed by atoms with E-state index >= 15 is 0 Å². The fourth-order valence-corrected chi connectivity index (χ4v) is 7.13. The van der Waals surface area contributed by atoms with Gasteiger partial charge in [-0.15, -0.1) is 50.6 Å². The molecule has 0 aromatic carbocycles. The lowest BCUT2D eigenvalue weighted by Crippen LogP contribution is -2.18. The summed E-state index contributed by atoms with van der Waals surface area (Å²) in [5.74, 6) is 1.83. The second kappa shape index (κ2) is 65.8. The molecule has 0 amide bonds. The van der Waals surface area contributed by atoms with Crippen molar-refractivity contribution in [3.63, 3.8) is 0 Å². The third kappa shape index (κ3) is 87.9. The molecule has 0 saturated heterocycles. The maximum Gasteiger partial charge on any atom is 0.305 e. The average Bonchev–Trinajstić information content (AvgIpc) is 3.46. The molecule has 0 saturated carbocycles. The monoisotopic (exact) mass is 1290 g/mol. The highest BCUT2D eigenvalue weighted by Gasteiger charge is 2.15. The quantitative estimate of drug-likeness (QED) is 0.0179. The van der Waals surface area contributed by atoms with Crippen molar-refractivity contribution in [2.24, 2.45) is 29.6 Å². The molecule has 0 aliphatic rings. The van der Waals surface area contributed by atoms with Crippen LogP contribution in [0.3, 0.4) is 0 Å². The first kappa shape index (κ1) is 91.1. The van der Waals surface area contributed by atoms with E-state index < -0.39 is 31.5 Å². The molecule has 0 aromatic rings. The topological polar surface area (TPSA) is 393 Å². The molecule has 0 radical (unpaired) electrons. The Hall–Kier alpha value is -6.65. The van der Waals surface area contributed by atoms with Gasteiger partial charge in [0.25, 0.3) is 25.4 Å². The van der Waals surface area contributed by atoms with Crippen molar-refractivity contribution in [3.8, 4) is 0 Å². The predicted molar refractivity (Wildman–Crippen MR) is 328 cm³/mol. The number of hydrogen-bond acceptors (Lipinski definition) is 25. The summed E-state index contributed by atoms with van der Waals surface area (Å²) >= 11 is 0. The minimum atomic E-state index is -0.867. The molecule has 89 heavy (non-hydrogen) atoms. The summed E-state index contributed by atoms with van der Waals surface area (Å²) in [5.41, 5.74) is 0. The summed E-state index contributed by atoms with van der Waals surface area (Å²) < 4.78 is 25.1. The van der Waals surface area contributed by atoms with E-state index in [-0.39, 0.29) is 68.6 Å². The van der Waals surface area contributed by atoms with Crippen LogP contribution in [0, 0.1) is 80.2 Å². The summed E-state index contributed by atoms with van der Waals surface area (Å²) in [6, 6.07) is 0. The number of rotatable bonds is 52. The second-order valence-corrected chi connectivity index (χ2v) is 22.8. The van der Waals surface area contributed by atoms with Crippen LogP contribution >= 0.6 is 0 Å². The molecule has 0 N–H and O–H groups in total. The molecule has 0 aliphatic carbocycles.